The number of carbonyl (C=O) groups is 1. The maximum atomic E-state index is 12.5. The smallest absolute Gasteiger partial charge is 0.223 e. The van der Waals surface area contributed by atoms with Crippen molar-refractivity contribution < 1.29 is 17.9 Å². The van der Waals surface area contributed by atoms with Crippen molar-refractivity contribution in [3.63, 3.8) is 0 Å². The molecule has 2 rings (SSSR count). The molecule has 1 aliphatic rings. The highest BCUT2D eigenvalue weighted by Gasteiger charge is 2.37. The van der Waals surface area contributed by atoms with E-state index in [9.17, 15) is 13.2 Å². The van der Waals surface area contributed by atoms with E-state index in [0.29, 0.717) is 19.6 Å². The Kier molecular flexibility index (Phi) is 6.57. The molecule has 1 saturated heterocycles. The number of carbonyl (C=O) groups excluding carboxylic acids is 1. The summed E-state index contributed by atoms with van der Waals surface area (Å²) in [4.78, 5) is 14.3. The van der Waals surface area contributed by atoms with Crippen molar-refractivity contribution in [3.05, 3.63) is 48.6 Å². The Morgan fingerprint density at radius 2 is 2.08 bits per heavy atom. The molecular weight excluding hydrogens is 326 g/mol. The van der Waals surface area contributed by atoms with Crippen molar-refractivity contribution >= 4 is 15.7 Å². The molecule has 1 heterocycles. The summed E-state index contributed by atoms with van der Waals surface area (Å²) in [5.41, 5.74) is 1.14. The van der Waals surface area contributed by atoms with Crippen molar-refractivity contribution in [1.82, 2.24) is 4.90 Å². The molecule has 0 spiro atoms. The van der Waals surface area contributed by atoms with Gasteiger partial charge in [0.15, 0.2) is 0 Å². The van der Waals surface area contributed by atoms with E-state index in [4.69, 9.17) is 4.74 Å². The minimum atomic E-state index is -3.14. The first-order chi connectivity index (χ1) is 11.4. The second-order valence-electron chi connectivity index (χ2n) is 6.17. The molecule has 0 aliphatic carbocycles. The van der Waals surface area contributed by atoms with Crippen LogP contribution >= 0.6 is 0 Å². The van der Waals surface area contributed by atoms with Gasteiger partial charge >= 0.3 is 0 Å². The predicted molar refractivity (Wildman–Crippen MR) is 94.5 cm³/mol. The van der Waals surface area contributed by atoms with Gasteiger partial charge in [-0.3, -0.25) is 4.79 Å². The Hall–Kier alpha value is -1.66. The van der Waals surface area contributed by atoms with Crippen LogP contribution < -0.4 is 0 Å². The second-order valence-corrected chi connectivity index (χ2v) is 8.43. The third-order valence-electron chi connectivity index (χ3n) is 4.21. The first kappa shape index (κ1) is 18.7. The van der Waals surface area contributed by atoms with Crippen molar-refractivity contribution in [2.24, 2.45) is 0 Å². The summed E-state index contributed by atoms with van der Waals surface area (Å²) in [5, 5.41) is 0. The van der Waals surface area contributed by atoms with E-state index in [1.165, 1.54) is 0 Å². The Bertz CT molecular complexity index is 657. The van der Waals surface area contributed by atoms with E-state index in [1.807, 2.05) is 30.3 Å². The Labute approximate surface area is 144 Å². The third kappa shape index (κ3) is 5.46. The summed E-state index contributed by atoms with van der Waals surface area (Å²) in [6.07, 6.45) is 4.29. The molecule has 1 aliphatic heterocycles. The minimum absolute atomic E-state index is 0.0261. The van der Waals surface area contributed by atoms with E-state index in [-0.39, 0.29) is 30.2 Å². The van der Waals surface area contributed by atoms with Crippen LogP contribution in [0.5, 0.6) is 0 Å². The Balaban J connectivity index is 2.09. The lowest BCUT2D eigenvalue weighted by Gasteiger charge is -2.28. The highest BCUT2D eigenvalue weighted by molar-refractivity contribution is 7.90. The highest BCUT2D eigenvalue weighted by atomic mass is 32.2. The number of benzene rings is 1. The maximum absolute atomic E-state index is 12.5. The summed E-state index contributed by atoms with van der Waals surface area (Å²) < 4.78 is 28.5. The fraction of sp³-hybridized carbons (Fsp3) is 0.500. The summed E-state index contributed by atoms with van der Waals surface area (Å²) in [7, 11) is -3.14. The monoisotopic (exact) mass is 351 g/mol. The molecule has 0 bridgehead atoms. The van der Waals surface area contributed by atoms with Crippen LogP contribution in [0.2, 0.25) is 0 Å². The Morgan fingerprint density at radius 1 is 1.38 bits per heavy atom. The number of amides is 1. The lowest BCUT2D eigenvalue weighted by molar-refractivity contribution is -0.132. The molecule has 5 nitrogen and oxygen atoms in total. The molecule has 0 aromatic heterocycles. The largest absolute Gasteiger partial charge is 0.372 e. The molecule has 1 amide bonds. The van der Waals surface area contributed by atoms with Gasteiger partial charge in [0, 0.05) is 19.2 Å². The van der Waals surface area contributed by atoms with Crippen molar-refractivity contribution in [2.45, 2.75) is 31.4 Å². The van der Waals surface area contributed by atoms with Crippen molar-refractivity contribution in [2.75, 3.05) is 25.2 Å². The summed E-state index contributed by atoms with van der Waals surface area (Å²) in [6, 6.07) is 9.89. The number of sulfone groups is 1. The molecule has 0 radical (unpaired) electrons. The number of likely N-dealkylation sites (tertiary alicyclic amines) is 1. The van der Waals surface area contributed by atoms with Crippen LogP contribution in [-0.2, 0) is 25.8 Å². The standard InChI is InChI=1S/C18H25NO4S/c1-3-12-23-17-9-11-19(18(20)10-13-24(2,21)22)16(17)14-15-7-5-4-6-8-15/h3-8,16-17H,1,9-14H2,2H3/t16-,17-/m0/s1. The fourth-order valence-electron chi connectivity index (χ4n) is 3.03. The van der Waals surface area contributed by atoms with E-state index >= 15 is 0 Å². The molecule has 0 N–H and O–H groups in total. The second kappa shape index (κ2) is 8.44. The Morgan fingerprint density at radius 3 is 2.71 bits per heavy atom. The van der Waals surface area contributed by atoms with Gasteiger partial charge in [0.1, 0.15) is 9.84 Å². The lowest BCUT2D eigenvalue weighted by atomic mass is 10.0. The third-order valence-corrected chi connectivity index (χ3v) is 5.15. The van der Waals surface area contributed by atoms with Crippen LogP contribution in [0.4, 0.5) is 0 Å². The molecule has 2 atom stereocenters. The number of nitrogens with zero attached hydrogens (tertiary/aromatic N) is 1. The van der Waals surface area contributed by atoms with Gasteiger partial charge in [-0.25, -0.2) is 8.42 Å². The first-order valence-electron chi connectivity index (χ1n) is 8.14. The predicted octanol–water partition coefficient (Wildman–Crippen LogP) is 1.84. The summed E-state index contributed by atoms with van der Waals surface area (Å²) in [5.74, 6) is -0.232. The van der Waals surface area contributed by atoms with Gasteiger partial charge in [-0.2, -0.15) is 0 Å². The number of rotatable bonds is 8. The van der Waals surface area contributed by atoms with Crippen LogP contribution in [0.3, 0.4) is 0 Å². The van der Waals surface area contributed by atoms with E-state index in [1.54, 1.807) is 11.0 Å². The summed E-state index contributed by atoms with van der Waals surface area (Å²) in [6.45, 7) is 4.71. The van der Waals surface area contributed by atoms with Gasteiger partial charge in [-0.1, -0.05) is 36.4 Å². The van der Waals surface area contributed by atoms with Gasteiger partial charge in [0.05, 0.1) is 24.5 Å². The van der Waals surface area contributed by atoms with Crippen LogP contribution in [0.15, 0.2) is 43.0 Å². The molecular formula is C18H25NO4S. The average Bonchev–Trinajstić information content (AvgIpc) is 2.93. The van der Waals surface area contributed by atoms with Crippen LogP contribution in [0.1, 0.15) is 18.4 Å². The normalized spacial score (nSPS) is 21.0. The summed E-state index contributed by atoms with van der Waals surface area (Å²) >= 11 is 0. The minimum Gasteiger partial charge on any atom is -0.372 e. The first-order valence-corrected chi connectivity index (χ1v) is 10.2. The highest BCUT2D eigenvalue weighted by Crippen LogP contribution is 2.25. The lowest BCUT2D eigenvalue weighted by Crippen LogP contribution is -2.42. The zero-order chi connectivity index (χ0) is 17.6. The van der Waals surface area contributed by atoms with E-state index in [2.05, 4.69) is 6.58 Å². The molecule has 6 heteroatoms. The molecule has 0 saturated carbocycles. The van der Waals surface area contributed by atoms with Gasteiger partial charge in [-0.05, 0) is 18.4 Å². The molecule has 0 unspecified atom stereocenters. The zero-order valence-corrected chi connectivity index (χ0v) is 14.9. The van der Waals surface area contributed by atoms with Gasteiger partial charge in [-0.15, -0.1) is 6.58 Å². The van der Waals surface area contributed by atoms with Gasteiger partial charge in [0.25, 0.3) is 0 Å². The molecule has 1 aromatic carbocycles. The molecule has 24 heavy (non-hydrogen) atoms. The van der Waals surface area contributed by atoms with E-state index < -0.39 is 9.84 Å². The van der Waals surface area contributed by atoms with Gasteiger partial charge in [0.2, 0.25) is 5.91 Å². The fourth-order valence-corrected chi connectivity index (χ4v) is 3.58. The number of hydrogen-bond acceptors (Lipinski definition) is 4. The van der Waals surface area contributed by atoms with Crippen LogP contribution in [-0.4, -0.2) is 56.5 Å². The van der Waals surface area contributed by atoms with Crippen LogP contribution in [0, 0.1) is 0 Å². The molecule has 1 fully saturated rings. The van der Waals surface area contributed by atoms with Crippen molar-refractivity contribution in [1.29, 1.82) is 0 Å². The van der Waals surface area contributed by atoms with Crippen LogP contribution in [0.25, 0.3) is 0 Å². The maximum Gasteiger partial charge on any atom is 0.223 e. The van der Waals surface area contributed by atoms with Crippen molar-refractivity contribution in [3.8, 4) is 0 Å². The number of hydrogen-bond donors (Lipinski definition) is 0. The molecule has 1 aromatic rings. The average molecular weight is 351 g/mol. The van der Waals surface area contributed by atoms with E-state index in [0.717, 1.165) is 18.2 Å². The SMILES string of the molecule is C=CCO[C@H]1CCN(C(=O)CCS(C)(=O)=O)[C@H]1Cc1ccccc1. The van der Waals surface area contributed by atoms with Gasteiger partial charge < -0.3 is 9.64 Å². The molecule has 132 valence electrons. The zero-order valence-electron chi connectivity index (χ0n) is 14.1. The quantitative estimate of drug-likeness (QED) is 0.671. The number of ether oxygens (including phenoxy) is 1. The topological polar surface area (TPSA) is 63.7 Å².